The number of halogens is 1. The zero-order chi connectivity index (χ0) is 13.6. The monoisotopic (exact) mass is 340 g/mol. The second kappa shape index (κ2) is 7.82. The highest BCUT2D eigenvalue weighted by atomic mass is 79.9. The first kappa shape index (κ1) is 16.4. The topological polar surface area (TPSA) is 40.6 Å². The quantitative estimate of drug-likeness (QED) is 0.663. The summed E-state index contributed by atoms with van der Waals surface area (Å²) in [7, 11) is -3.01. The van der Waals surface area contributed by atoms with Gasteiger partial charge in [-0.2, -0.15) is 0 Å². The molecule has 1 saturated heterocycles. The smallest absolute Gasteiger partial charge is 0.211 e. The molecule has 1 rings (SSSR count). The third kappa shape index (κ3) is 5.55. The van der Waals surface area contributed by atoms with Gasteiger partial charge in [0.1, 0.15) is 0 Å². The van der Waals surface area contributed by atoms with E-state index in [1.54, 1.807) is 4.31 Å². The van der Waals surface area contributed by atoms with Crippen LogP contribution in [-0.2, 0) is 10.0 Å². The Labute approximate surface area is 120 Å². The molecule has 18 heavy (non-hydrogen) atoms. The lowest BCUT2D eigenvalue weighted by atomic mass is 9.99. The average Bonchev–Trinajstić information content (AvgIpc) is 2.29. The number of hydrogen-bond donors (Lipinski definition) is 0. The molecule has 0 amide bonds. The summed E-state index contributed by atoms with van der Waals surface area (Å²) in [5.74, 6) is 0.485. The van der Waals surface area contributed by atoms with Crippen LogP contribution in [0.4, 0.5) is 0 Å². The van der Waals surface area contributed by atoms with E-state index in [-0.39, 0.29) is 0 Å². The van der Waals surface area contributed by atoms with E-state index in [0.29, 0.717) is 19.0 Å². The molecular weight excluding hydrogens is 316 g/mol. The largest absolute Gasteiger partial charge is 0.302 e. The van der Waals surface area contributed by atoms with Crippen LogP contribution in [0.15, 0.2) is 0 Å². The Morgan fingerprint density at radius 3 is 2.67 bits per heavy atom. The van der Waals surface area contributed by atoms with Gasteiger partial charge in [0, 0.05) is 31.5 Å². The van der Waals surface area contributed by atoms with Crippen LogP contribution in [0, 0.1) is 5.92 Å². The van der Waals surface area contributed by atoms with Crippen LogP contribution in [0.5, 0.6) is 0 Å². The Kier molecular flexibility index (Phi) is 7.13. The standard InChI is InChI=1S/C12H25BrN2O2S/c1-3-7-14(9-6-13)10-12-5-4-8-15(11-12)18(2,16)17/h12H,3-11H2,1-2H3. The van der Waals surface area contributed by atoms with Crippen molar-refractivity contribution in [3.05, 3.63) is 0 Å². The molecule has 0 saturated carbocycles. The van der Waals surface area contributed by atoms with Crippen molar-refractivity contribution in [3.8, 4) is 0 Å². The van der Waals surface area contributed by atoms with Gasteiger partial charge in [0.2, 0.25) is 10.0 Å². The van der Waals surface area contributed by atoms with Crippen molar-refractivity contribution in [2.45, 2.75) is 26.2 Å². The van der Waals surface area contributed by atoms with E-state index < -0.39 is 10.0 Å². The van der Waals surface area contributed by atoms with Gasteiger partial charge < -0.3 is 4.90 Å². The highest BCUT2D eigenvalue weighted by Gasteiger charge is 2.26. The molecule has 0 spiro atoms. The van der Waals surface area contributed by atoms with E-state index in [9.17, 15) is 8.42 Å². The minimum absolute atomic E-state index is 0.485. The Hall–Kier alpha value is 0.350. The van der Waals surface area contributed by atoms with Crippen LogP contribution in [0.25, 0.3) is 0 Å². The number of alkyl halides is 1. The van der Waals surface area contributed by atoms with E-state index in [0.717, 1.165) is 44.2 Å². The van der Waals surface area contributed by atoms with Gasteiger partial charge in [0.05, 0.1) is 6.26 Å². The van der Waals surface area contributed by atoms with Crippen LogP contribution < -0.4 is 0 Å². The molecular formula is C12H25BrN2O2S. The van der Waals surface area contributed by atoms with E-state index in [1.807, 2.05) is 0 Å². The highest BCUT2D eigenvalue weighted by Crippen LogP contribution is 2.19. The summed E-state index contributed by atoms with van der Waals surface area (Å²) >= 11 is 3.48. The first-order valence-corrected chi connectivity index (χ1v) is 9.67. The molecule has 0 aromatic carbocycles. The van der Waals surface area contributed by atoms with Gasteiger partial charge in [-0.05, 0) is 31.7 Å². The SMILES string of the molecule is CCCN(CCBr)CC1CCCN(S(C)(=O)=O)C1. The summed E-state index contributed by atoms with van der Waals surface area (Å²) in [5.41, 5.74) is 0. The molecule has 108 valence electrons. The van der Waals surface area contributed by atoms with Crippen molar-refractivity contribution in [2.24, 2.45) is 5.92 Å². The fourth-order valence-corrected chi connectivity index (χ4v) is 4.02. The molecule has 1 heterocycles. The molecule has 0 radical (unpaired) electrons. The molecule has 0 bridgehead atoms. The molecule has 0 aliphatic carbocycles. The van der Waals surface area contributed by atoms with E-state index in [4.69, 9.17) is 0 Å². The minimum Gasteiger partial charge on any atom is -0.302 e. The maximum atomic E-state index is 11.6. The van der Waals surface area contributed by atoms with Crippen LogP contribution in [-0.4, -0.2) is 61.9 Å². The summed E-state index contributed by atoms with van der Waals surface area (Å²) in [5, 5.41) is 0.982. The van der Waals surface area contributed by atoms with Gasteiger partial charge in [-0.15, -0.1) is 0 Å². The summed E-state index contributed by atoms with van der Waals surface area (Å²) < 4.78 is 24.8. The molecule has 0 aromatic rings. The molecule has 0 N–H and O–H groups in total. The summed E-state index contributed by atoms with van der Waals surface area (Å²) in [6, 6.07) is 0. The van der Waals surface area contributed by atoms with E-state index in [1.165, 1.54) is 6.26 Å². The Balaban J connectivity index is 2.50. The Morgan fingerprint density at radius 2 is 2.11 bits per heavy atom. The lowest BCUT2D eigenvalue weighted by Gasteiger charge is -2.34. The number of nitrogens with zero attached hydrogens (tertiary/aromatic N) is 2. The zero-order valence-corrected chi connectivity index (χ0v) is 13.8. The number of piperidine rings is 1. The highest BCUT2D eigenvalue weighted by molar-refractivity contribution is 9.09. The molecule has 1 aliphatic heterocycles. The average molecular weight is 341 g/mol. The summed E-state index contributed by atoms with van der Waals surface area (Å²) in [6.45, 7) is 6.74. The van der Waals surface area contributed by atoms with Crippen molar-refractivity contribution in [1.29, 1.82) is 0 Å². The molecule has 4 nitrogen and oxygen atoms in total. The number of hydrogen-bond acceptors (Lipinski definition) is 3. The van der Waals surface area contributed by atoms with Gasteiger partial charge in [-0.1, -0.05) is 22.9 Å². The second-order valence-electron chi connectivity index (χ2n) is 5.12. The zero-order valence-electron chi connectivity index (χ0n) is 11.4. The van der Waals surface area contributed by atoms with Crippen LogP contribution in [0.3, 0.4) is 0 Å². The minimum atomic E-state index is -3.01. The van der Waals surface area contributed by atoms with Gasteiger partial charge in [0.15, 0.2) is 0 Å². The van der Waals surface area contributed by atoms with Gasteiger partial charge in [0.25, 0.3) is 0 Å². The molecule has 1 aliphatic rings. The number of rotatable bonds is 7. The predicted octanol–water partition coefficient (Wildman–Crippen LogP) is 1.76. The second-order valence-corrected chi connectivity index (χ2v) is 7.89. The molecule has 1 atom stereocenters. The third-order valence-corrected chi connectivity index (χ3v) is 5.03. The number of sulfonamides is 1. The first-order valence-electron chi connectivity index (χ1n) is 6.70. The van der Waals surface area contributed by atoms with Crippen molar-refractivity contribution in [3.63, 3.8) is 0 Å². The first-order chi connectivity index (χ1) is 8.47. The fraction of sp³-hybridized carbons (Fsp3) is 1.00. The van der Waals surface area contributed by atoms with Crippen LogP contribution in [0.2, 0.25) is 0 Å². The van der Waals surface area contributed by atoms with Crippen molar-refractivity contribution < 1.29 is 8.42 Å². The molecule has 6 heteroatoms. The van der Waals surface area contributed by atoms with Gasteiger partial charge >= 0.3 is 0 Å². The summed E-state index contributed by atoms with van der Waals surface area (Å²) in [6.07, 6.45) is 4.60. The molecule has 1 unspecified atom stereocenters. The van der Waals surface area contributed by atoms with Crippen LogP contribution >= 0.6 is 15.9 Å². The molecule has 1 fully saturated rings. The predicted molar refractivity (Wildman–Crippen MR) is 79.7 cm³/mol. The van der Waals surface area contributed by atoms with E-state index in [2.05, 4.69) is 27.8 Å². The Morgan fingerprint density at radius 1 is 1.39 bits per heavy atom. The maximum Gasteiger partial charge on any atom is 0.211 e. The third-order valence-electron chi connectivity index (χ3n) is 3.41. The van der Waals surface area contributed by atoms with Crippen molar-refractivity contribution in [2.75, 3.05) is 44.3 Å². The van der Waals surface area contributed by atoms with E-state index >= 15 is 0 Å². The lowest BCUT2D eigenvalue weighted by molar-refractivity contribution is 0.185. The Bertz CT molecular complexity index is 329. The van der Waals surface area contributed by atoms with Gasteiger partial charge in [-0.3, -0.25) is 0 Å². The van der Waals surface area contributed by atoms with Crippen molar-refractivity contribution >= 4 is 26.0 Å². The fourth-order valence-electron chi connectivity index (χ4n) is 2.57. The lowest BCUT2D eigenvalue weighted by Crippen LogP contribution is -2.43. The molecule has 0 aromatic heterocycles. The van der Waals surface area contributed by atoms with Gasteiger partial charge in [-0.25, -0.2) is 12.7 Å². The normalized spacial score (nSPS) is 22.6. The van der Waals surface area contributed by atoms with Crippen molar-refractivity contribution in [1.82, 2.24) is 9.21 Å². The summed E-state index contributed by atoms with van der Waals surface area (Å²) in [4.78, 5) is 2.44. The van der Waals surface area contributed by atoms with Crippen LogP contribution in [0.1, 0.15) is 26.2 Å². The maximum absolute atomic E-state index is 11.6.